The number of halogens is 1. The fourth-order valence-electron chi connectivity index (χ4n) is 2.56. The monoisotopic (exact) mass is 380 g/mol. The van der Waals surface area contributed by atoms with Crippen LogP contribution in [0.2, 0.25) is 0 Å². The Hall–Kier alpha value is -3.48. The Morgan fingerprint density at radius 2 is 1.86 bits per heavy atom. The lowest BCUT2D eigenvalue weighted by Crippen LogP contribution is -2.15. The number of ether oxygens (including phenoxy) is 1. The maximum Gasteiger partial charge on any atom is 0.275 e. The van der Waals surface area contributed by atoms with E-state index in [2.05, 4.69) is 20.6 Å². The van der Waals surface area contributed by atoms with Gasteiger partial charge in [-0.25, -0.2) is 14.4 Å². The molecule has 1 aromatic heterocycles. The number of rotatable bonds is 8. The first-order chi connectivity index (χ1) is 13.7. The third-order valence-corrected chi connectivity index (χ3v) is 3.95. The Balaban J connectivity index is 1.55. The molecule has 0 aliphatic rings. The van der Waals surface area contributed by atoms with E-state index in [9.17, 15) is 9.18 Å². The molecule has 2 N–H and O–H groups in total. The van der Waals surface area contributed by atoms with Crippen LogP contribution >= 0.6 is 0 Å². The topological polar surface area (TPSA) is 76.1 Å². The number of nitrogens with one attached hydrogen (secondary N) is 2. The van der Waals surface area contributed by atoms with Crippen LogP contribution in [0, 0.1) is 5.82 Å². The number of hydrogen-bond acceptors (Lipinski definition) is 5. The molecule has 0 unspecified atom stereocenters. The smallest absolute Gasteiger partial charge is 0.275 e. The minimum atomic E-state index is -0.363. The van der Waals surface area contributed by atoms with Gasteiger partial charge < -0.3 is 15.4 Å². The molecule has 3 aromatic rings. The van der Waals surface area contributed by atoms with E-state index in [1.54, 1.807) is 24.3 Å². The highest BCUT2D eigenvalue weighted by molar-refractivity contribution is 6.03. The highest BCUT2D eigenvalue weighted by Crippen LogP contribution is 2.24. The van der Waals surface area contributed by atoms with E-state index in [-0.39, 0.29) is 17.4 Å². The van der Waals surface area contributed by atoms with Gasteiger partial charge in [0, 0.05) is 6.54 Å². The Morgan fingerprint density at radius 1 is 1.07 bits per heavy atom. The van der Waals surface area contributed by atoms with Gasteiger partial charge in [-0.15, -0.1) is 0 Å². The summed E-state index contributed by atoms with van der Waals surface area (Å²) in [5.74, 6) is 0.552. The van der Waals surface area contributed by atoms with Crippen LogP contribution in [0.25, 0.3) is 0 Å². The molecule has 1 amide bonds. The van der Waals surface area contributed by atoms with Crippen LogP contribution in [0.4, 0.5) is 15.9 Å². The Morgan fingerprint density at radius 3 is 2.57 bits per heavy atom. The molecule has 28 heavy (non-hydrogen) atoms. The lowest BCUT2D eigenvalue weighted by atomic mass is 10.1. The lowest BCUT2D eigenvalue weighted by molar-refractivity contribution is 0.102. The van der Waals surface area contributed by atoms with Gasteiger partial charge in [-0.3, -0.25) is 4.79 Å². The highest BCUT2D eigenvalue weighted by Gasteiger charge is 2.11. The summed E-state index contributed by atoms with van der Waals surface area (Å²) in [4.78, 5) is 20.8. The molecule has 0 aliphatic carbocycles. The van der Waals surface area contributed by atoms with Gasteiger partial charge >= 0.3 is 0 Å². The van der Waals surface area contributed by atoms with E-state index >= 15 is 0 Å². The molecule has 0 spiro atoms. The molecule has 0 bridgehead atoms. The SMILES string of the molecule is CCOc1ccccc1NC(=O)c1cnc(NCCc2ccc(F)cc2)cn1. The number of amides is 1. The molecule has 1 heterocycles. The molecule has 0 fully saturated rings. The van der Waals surface area contributed by atoms with Crippen LogP contribution in [0.1, 0.15) is 23.0 Å². The normalized spacial score (nSPS) is 10.4. The van der Waals surface area contributed by atoms with Crippen molar-refractivity contribution in [2.45, 2.75) is 13.3 Å². The number of hydrogen-bond donors (Lipinski definition) is 2. The predicted molar refractivity (Wildman–Crippen MR) is 106 cm³/mol. The third kappa shape index (κ3) is 5.26. The van der Waals surface area contributed by atoms with Gasteiger partial charge in [0.05, 0.1) is 24.7 Å². The summed E-state index contributed by atoms with van der Waals surface area (Å²) in [6, 6.07) is 13.6. The van der Waals surface area contributed by atoms with Crippen LogP contribution in [-0.4, -0.2) is 29.0 Å². The predicted octanol–water partition coefficient (Wildman–Crippen LogP) is 3.92. The van der Waals surface area contributed by atoms with E-state index in [0.717, 1.165) is 12.0 Å². The summed E-state index contributed by atoms with van der Waals surface area (Å²) < 4.78 is 18.4. The second-order valence-corrected chi connectivity index (χ2v) is 5.97. The van der Waals surface area contributed by atoms with Crippen molar-refractivity contribution in [1.29, 1.82) is 0 Å². The van der Waals surface area contributed by atoms with Crippen molar-refractivity contribution in [3.05, 3.63) is 78.0 Å². The first-order valence-corrected chi connectivity index (χ1v) is 8.99. The zero-order valence-electron chi connectivity index (χ0n) is 15.5. The Labute approximate surface area is 162 Å². The minimum Gasteiger partial charge on any atom is -0.492 e. The number of para-hydroxylation sites is 2. The van der Waals surface area contributed by atoms with Crippen LogP contribution in [0.15, 0.2) is 60.9 Å². The van der Waals surface area contributed by atoms with Gasteiger partial charge in [-0.1, -0.05) is 24.3 Å². The zero-order chi connectivity index (χ0) is 19.8. The maximum atomic E-state index is 12.9. The summed E-state index contributed by atoms with van der Waals surface area (Å²) in [6.45, 7) is 3.00. The number of carbonyl (C=O) groups excluding carboxylic acids is 1. The standard InChI is InChI=1S/C21H21FN4O2/c1-2-28-19-6-4-3-5-17(19)26-21(27)18-13-25-20(14-24-18)23-12-11-15-7-9-16(22)10-8-15/h3-10,13-14H,2,11-12H2,1H3,(H,23,25)(H,26,27). The van der Waals surface area contributed by atoms with Crippen molar-refractivity contribution < 1.29 is 13.9 Å². The first kappa shape index (κ1) is 19.3. The van der Waals surface area contributed by atoms with E-state index in [1.165, 1.54) is 24.5 Å². The molecule has 0 saturated carbocycles. The molecular formula is C21H21FN4O2. The molecule has 6 nitrogen and oxygen atoms in total. The highest BCUT2D eigenvalue weighted by atomic mass is 19.1. The van der Waals surface area contributed by atoms with Crippen molar-refractivity contribution in [2.75, 3.05) is 23.8 Å². The molecule has 144 valence electrons. The third-order valence-electron chi connectivity index (χ3n) is 3.95. The van der Waals surface area contributed by atoms with Gasteiger partial charge in [0.15, 0.2) is 0 Å². The molecular weight excluding hydrogens is 359 g/mol. The summed E-state index contributed by atoms with van der Waals surface area (Å²) >= 11 is 0. The number of nitrogens with zero attached hydrogens (tertiary/aromatic N) is 2. The molecule has 0 aliphatic heterocycles. The first-order valence-electron chi connectivity index (χ1n) is 8.99. The average Bonchev–Trinajstić information content (AvgIpc) is 2.71. The van der Waals surface area contributed by atoms with Crippen LogP contribution < -0.4 is 15.4 Å². The van der Waals surface area contributed by atoms with Crippen molar-refractivity contribution in [3.8, 4) is 5.75 Å². The molecule has 0 atom stereocenters. The second-order valence-electron chi connectivity index (χ2n) is 5.97. The molecule has 3 rings (SSSR count). The van der Waals surface area contributed by atoms with Gasteiger partial charge in [-0.2, -0.15) is 0 Å². The van der Waals surface area contributed by atoms with E-state index in [4.69, 9.17) is 4.74 Å². The average molecular weight is 380 g/mol. The summed E-state index contributed by atoms with van der Waals surface area (Å²) in [6.07, 6.45) is 3.64. The lowest BCUT2D eigenvalue weighted by Gasteiger charge is -2.11. The molecule has 0 saturated heterocycles. The molecule has 2 aromatic carbocycles. The van der Waals surface area contributed by atoms with Crippen LogP contribution in [0.5, 0.6) is 5.75 Å². The summed E-state index contributed by atoms with van der Waals surface area (Å²) in [5, 5.41) is 5.91. The van der Waals surface area contributed by atoms with E-state index in [0.29, 0.717) is 30.4 Å². The minimum absolute atomic E-state index is 0.204. The van der Waals surface area contributed by atoms with Crippen molar-refractivity contribution in [1.82, 2.24) is 9.97 Å². The summed E-state index contributed by atoms with van der Waals surface area (Å²) in [7, 11) is 0. The Bertz CT molecular complexity index is 914. The van der Waals surface area contributed by atoms with Crippen LogP contribution in [0.3, 0.4) is 0 Å². The number of anilines is 2. The number of carbonyl (C=O) groups is 1. The van der Waals surface area contributed by atoms with E-state index < -0.39 is 0 Å². The second kappa shape index (κ2) is 9.45. The number of aromatic nitrogens is 2. The summed E-state index contributed by atoms with van der Waals surface area (Å²) in [5.41, 5.74) is 1.80. The van der Waals surface area contributed by atoms with Crippen molar-refractivity contribution in [2.24, 2.45) is 0 Å². The van der Waals surface area contributed by atoms with Gasteiger partial charge in [-0.05, 0) is 43.2 Å². The van der Waals surface area contributed by atoms with Crippen molar-refractivity contribution in [3.63, 3.8) is 0 Å². The van der Waals surface area contributed by atoms with Gasteiger partial charge in [0.2, 0.25) is 0 Å². The van der Waals surface area contributed by atoms with Crippen molar-refractivity contribution >= 4 is 17.4 Å². The van der Waals surface area contributed by atoms with Gasteiger partial charge in [0.1, 0.15) is 23.1 Å². The van der Waals surface area contributed by atoms with Gasteiger partial charge in [0.25, 0.3) is 5.91 Å². The molecule has 0 radical (unpaired) electrons. The number of benzene rings is 2. The maximum absolute atomic E-state index is 12.9. The Kier molecular flexibility index (Phi) is 6.51. The van der Waals surface area contributed by atoms with E-state index in [1.807, 2.05) is 19.1 Å². The fourth-order valence-corrected chi connectivity index (χ4v) is 2.56. The fraction of sp³-hybridized carbons (Fsp3) is 0.190. The largest absolute Gasteiger partial charge is 0.492 e. The zero-order valence-corrected chi connectivity index (χ0v) is 15.5. The quantitative estimate of drug-likeness (QED) is 0.619. The van der Waals surface area contributed by atoms with Crippen LogP contribution in [-0.2, 0) is 6.42 Å². The molecule has 7 heteroatoms.